The zero-order valence-corrected chi connectivity index (χ0v) is 20.5. The van der Waals surface area contributed by atoms with Gasteiger partial charge < -0.3 is 20.8 Å². The van der Waals surface area contributed by atoms with E-state index >= 15 is 0 Å². The van der Waals surface area contributed by atoms with E-state index in [-0.39, 0.29) is 23.6 Å². The highest BCUT2D eigenvalue weighted by Crippen LogP contribution is 2.25. The number of phenols is 1. The molecule has 0 aliphatic heterocycles. The Bertz CT molecular complexity index is 1630. The number of fused-ring (bicyclic) bond motifs is 1. The van der Waals surface area contributed by atoms with E-state index in [0.717, 1.165) is 33.2 Å². The van der Waals surface area contributed by atoms with Crippen molar-refractivity contribution in [1.29, 1.82) is 0 Å². The lowest BCUT2D eigenvalue weighted by Gasteiger charge is -2.10. The molecular weight excluding hydrogens is 476 g/mol. The summed E-state index contributed by atoms with van der Waals surface area (Å²) in [6, 6.07) is 33.4. The summed E-state index contributed by atoms with van der Waals surface area (Å²) in [7, 11) is 0. The van der Waals surface area contributed by atoms with Gasteiger partial charge in [-0.2, -0.15) is 0 Å². The molecule has 0 spiro atoms. The average molecular weight is 503 g/mol. The van der Waals surface area contributed by atoms with Gasteiger partial charge in [-0.1, -0.05) is 54.6 Å². The first kappa shape index (κ1) is 24.7. The quantitative estimate of drug-likeness (QED) is 0.169. The van der Waals surface area contributed by atoms with Crippen molar-refractivity contribution in [3.63, 3.8) is 0 Å². The second-order valence-electron chi connectivity index (χ2n) is 9.06. The Balaban J connectivity index is 1.19. The molecule has 5 aromatic carbocycles. The van der Waals surface area contributed by atoms with Crippen LogP contribution >= 0.6 is 0 Å². The molecule has 38 heavy (non-hydrogen) atoms. The second kappa shape index (κ2) is 11.0. The number of carbonyl (C=O) groups is 2. The molecule has 6 heteroatoms. The summed E-state index contributed by atoms with van der Waals surface area (Å²) in [6.07, 6.45) is 0. The maximum absolute atomic E-state index is 12.7. The van der Waals surface area contributed by atoms with Crippen molar-refractivity contribution >= 4 is 33.9 Å². The molecule has 0 aromatic heterocycles. The summed E-state index contributed by atoms with van der Waals surface area (Å²) in [5.74, 6) is -0.747. The van der Waals surface area contributed by atoms with Crippen molar-refractivity contribution in [3.05, 3.63) is 126 Å². The summed E-state index contributed by atoms with van der Waals surface area (Å²) >= 11 is 0. The molecule has 188 valence electrons. The largest absolute Gasteiger partial charge is 0.508 e. The SMILES string of the molecule is O=C(O)c1cccc(Nc2ccc(-c3cccc(CNCC(=O)c4ccc5cc(O)ccc5c4)c3)cc2)c1. The predicted octanol–water partition coefficient (Wildman–Crippen LogP) is 6.63. The normalized spacial score (nSPS) is 10.8. The number of nitrogens with one attached hydrogen (secondary N) is 2. The van der Waals surface area contributed by atoms with Crippen molar-refractivity contribution in [2.45, 2.75) is 6.54 Å². The Morgan fingerprint density at radius 1 is 0.658 bits per heavy atom. The van der Waals surface area contributed by atoms with E-state index in [1.165, 1.54) is 0 Å². The molecular formula is C32H26N2O4. The lowest BCUT2D eigenvalue weighted by atomic mass is 10.0. The number of carboxylic acid groups (broad SMARTS) is 1. The van der Waals surface area contributed by atoms with Gasteiger partial charge in [-0.3, -0.25) is 4.79 Å². The fourth-order valence-electron chi connectivity index (χ4n) is 4.33. The molecule has 5 aromatic rings. The van der Waals surface area contributed by atoms with Crippen LogP contribution in [0.15, 0.2) is 109 Å². The summed E-state index contributed by atoms with van der Waals surface area (Å²) in [5.41, 5.74) is 5.62. The van der Waals surface area contributed by atoms with E-state index in [2.05, 4.69) is 16.7 Å². The van der Waals surface area contributed by atoms with Crippen molar-refractivity contribution in [3.8, 4) is 16.9 Å². The summed E-state index contributed by atoms with van der Waals surface area (Å²) in [4.78, 5) is 23.9. The lowest BCUT2D eigenvalue weighted by Crippen LogP contribution is -2.22. The number of phenolic OH excluding ortho intramolecular Hbond substituents is 1. The highest BCUT2D eigenvalue weighted by Gasteiger charge is 2.08. The number of aromatic hydroxyl groups is 1. The first-order valence-corrected chi connectivity index (χ1v) is 12.2. The molecule has 0 fully saturated rings. The Morgan fingerprint density at radius 3 is 2.24 bits per heavy atom. The molecule has 5 rings (SSSR count). The first-order chi connectivity index (χ1) is 18.4. The smallest absolute Gasteiger partial charge is 0.335 e. The van der Waals surface area contributed by atoms with Crippen LogP contribution in [0.3, 0.4) is 0 Å². The number of Topliss-reactive ketones (excluding diaryl/α,β-unsaturated/α-hetero) is 1. The number of aromatic carboxylic acids is 1. The van der Waals surface area contributed by atoms with E-state index in [1.807, 2.05) is 60.7 Å². The van der Waals surface area contributed by atoms with Gasteiger partial charge in [0.1, 0.15) is 5.75 Å². The molecule has 0 unspecified atom stereocenters. The van der Waals surface area contributed by atoms with E-state index in [0.29, 0.717) is 17.8 Å². The van der Waals surface area contributed by atoms with E-state index in [1.54, 1.807) is 42.5 Å². The minimum atomic E-state index is -0.960. The van der Waals surface area contributed by atoms with Crippen LogP contribution in [0.5, 0.6) is 5.75 Å². The summed E-state index contributed by atoms with van der Waals surface area (Å²) in [6.45, 7) is 0.776. The summed E-state index contributed by atoms with van der Waals surface area (Å²) in [5, 5.41) is 27.1. The predicted molar refractivity (Wildman–Crippen MR) is 150 cm³/mol. The van der Waals surface area contributed by atoms with Crippen LogP contribution in [0.4, 0.5) is 11.4 Å². The molecule has 0 heterocycles. The van der Waals surface area contributed by atoms with Crippen molar-refractivity contribution in [1.82, 2.24) is 5.32 Å². The molecule has 0 amide bonds. The maximum Gasteiger partial charge on any atom is 0.335 e. The van der Waals surface area contributed by atoms with Crippen molar-refractivity contribution in [2.75, 3.05) is 11.9 Å². The van der Waals surface area contributed by atoms with Gasteiger partial charge in [-0.05, 0) is 82.1 Å². The molecule has 0 aliphatic rings. The Morgan fingerprint density at radius 2 is 1.42 bits per heavy atom. The van der Waals surface area contributed by atoms with Crippen molar-refractivity contribution < 1.29 is 19.8 Å². The van der Waals surface area contributed by atoms with Gasteiger partial charge >= 0.3 is 5.97 Å². The molecule has 0 atom stereocenters. The molecule has 4 N–H and O–H groups in total. The monoisotopic (exact) mass is 502 g/mol. The second-order valence-corrected chi connectivity index (χ2v) is 9.06. The van der Waals surface area contributed by atoms with Crippen molar-refractivity contribution in [2.24, 2.45) is 0 Å². The van der Waals surface area contributed by atoms with E-state index in [9.17, 15) is 19.8 Å². The zero-order chi connectivity index (χ0) is 26.5. The van der Waals surface area contributed by atoms with Crippen LogP contribution < -0.4 is 10.6 Å². The molecule has 0 saturated carbocycles. The lowest BCUT2D eigenvalue weighted by molar-refractivity contribution is 0.0696. The molecule has 0 saturated heterocycles. The van der Waals surface area contributed by atoms with Crippen LogP contribution in [0.25, 0.3) is 21.9 Å². The van der Waals surface area contributed by atoms with Crippen LogP contribution in [0.1, 0.15) is 26.3 Å². The van der Waals surface area contributed by atoms with Gasteiger partial charge in [-0.25, -0.2) is 4.79 Å². The average Bonchev–Trinajstić information content (AvgIpc) is 2.93. The van der Waals surface area contributed by atoms with Crippen LogP contribution in [0, 0.1) is 0 Å². The first-order valence-electron chi connectivity index (χ1n) is 12.2. The van der Waals surface area contributed by atoms with Crippen LogP contribution in [-0.2, 0) is 6.54 Å². The number of hydrogen-bond donors (Lipinski definition) is 4. The van der Waals surface area contributed by atoms with Gasteiger partial charge in [0, 0.05) is 23.5 Å². The molecule has 0 bridgehead atoms. The number of rotatable bonds is 9. The fourth-order valence-corrected chi connectivity index (χ4v) is 4.33. The van der Waals surface area contributed by atoms with Crippen LogP contribution in [-0.4, -0.2) is 28.5 Å². The van der Waals surface area contributed by atoms with Crippen LogP contribution in [0.2, 0.25) is 0 Å². The minimum absolute atomic E-state index is 0.00751. The topological polar surface area (TPSA) is 98.7 Å². The third-order valence-corrected chi connectivity index (χ3v) is 6.30. The number of benzene rings is 5. The van der Waals surface area contributed by atoms with Gasteiger partial charge in [0.2, 0.25) is 0 Å². The van der Waals surface area contributed by atoms with E-state index < -0.39 is 5.97 Å². The maximum atomic E-state index is 12.7. The number of carboxylic acids is 1. The van der Waals surface area contributed by atoms with Gasteiger partial charge in [0.05, 0.1) is 12.1 Å². The number of anilines is 2. The number of carbonyl (C=O) groups excluding carboxylic acids is 1. The Hall–Kier alpha value is -4.94. The molecule has 0 aliphatic carbocycles. The third-order valence-electron chi connectivity index (χ3n) is 6.30. The highest BCUT2D eigenvalue weighted by molar-refractivity contribution is 6.01. The molecule has 0 radical (unpaired) electrons. The molecule has 6 nitrogen and oxygen atoms in total. The number of ketones is 1. The van der Waals surface area contributed by atoms with E-state index in [4.69, 9.17) is 0 Å². The zero-order valence-electron chi connectivity index (χ0n) is 20.5. The van der Waals surface area contributed by atoms with Gasteiger partial charge in [0.15, 0.2) is 5.78 Å². The fraction of sp³-hybridized carbons (Fsp3) is 0.0625. The summed E-state index contributed by atoms with van der Waals surface area (Å²) < 4.78 is 0. The van der Waals surface area contributed by atoms with Gasteiger partial charge in [0.25, 0.3) is 0 Å². The third kappa shape index (κ3) is 5.88. The Labute approximate surface area is 220 Å². The highest BCUT2D eigenvalue weighted by atomic mass is 16.4. The van der Waals surface area contributed by atoms with Gasteiger partial charge in [-0.15, -0.1) is 0 Å². The Kier molecular flexibility index (Phi) is 7.15. The minimum Gasteiger partial charge on any atom is -0.508 e. The standard InChI is InChI=1S/C32H26N2O4/c35-30-14-11-24-16-26(8-7-25(24)18-30)31(36)20-33-19-21-3-1-4-23(15-21)22-9-12-28(13-10-22)34-29-6-2-5-27(17-29)32(37)38/h1-18,33-35H,19-20H2,(H,37,38). The number of hydrogen-bond acceptors (Lipinski definition) is 5.